The average molecular weight is 227 g/mol. The molecule has 1 aliphatic heterocycles. The lowest BCUT2D eigenvalue weighted by Gasteiger charge is -2.39. The van der Waals surface area contributed by atoms with Gasteiger partial charge in [0.25, 0.3) is 0 Å². The maximum atomic E-state index is 3.33. The number of piperazine rings is 1. The molecule has 0 radical (unpaired) electrons. The first-order valence-electron chi connectivity index (χ1n) is 6.73. The van der Waals surface area contributed by atoms with Crippen LogP contribution in [0.15, 0.2) is 0 Å². The van der Waals surface area contributed by atoms with Crippen LogP contribution in [0.3, 0.4) is 0 Å². The predicted molar refractivity (Wildman–Crippen MR) is 70.9 cm³/mol. The smallest absolute Gasteiger partial charge is 0.0110 e. The molecule has 0 aromatic heterocycles. The van der Waals surface area contributed by atoms with Crippen molar-refractivity contribution in [2.75, 3.05) is 52.9 Å². The Bertz CT molecular complexity index is 188. The number of hydrogen-bond donors (Lipinski definition) is 1. The van der Waals surface area contributed by atoms with Crippen LogP contribution in [-0.4, -0.2) is 62.7 Å². The van der Waals surface area contributed by atoms with Gasteiger partial charge in [-0.1, -0.05) is 20.8 Å². The summed E-state index contributed by atoms with van der Waals surface area (Å²) in [5.74, 6) is 0. The second kappa shape index (κ2) is 6.58. The Balaban J connectivity index is 2.36. The van der Waals surface area contributed by atoms with Crippen LogP contribution in [0.5, 0.6) is 0 Å². The average Bonchev–Trinajstić information content (AvgIpc) is 2.30. The summed E-state index contributed by atoms with van der Waals surface area (Å²) in [5, 5.41) is 3.33. The number of hydrogen-bond acceptors (Lipinski definition) is 3. The molecule has 1 fully saturated rings. The number of likely N-dealkylation sites (N-methyl/N-ethyl adjacent to an activating group) is 1. The molecule has 0 aromatic rings. The van der Waals surface area contributed by atoms with Crippen LogP contribution in [-0.2, 0) is 0 Å². The quantitative estimate of drug-likeness (QED) is 0.737. The fourth-order valence-electron chi connectivity index (χ4n) is 2.52. The van der Waals surface area contributed by atoms with Crippen molar-refractivity contribution in [1.29, 1.82) is 0 Å². The van der Waals surface area contributed by atoms with Gasteiger partial charge in [-0.3, -0.25) is 0 Å². The molecule has 1 atom stereocenters. The summed E-state index contributed by atoms with van der Waals surface area (Å²) in [6.07, 6.45) is 1.25. The number of nitrogens with zero attached hydrogens (tertiary/aromatic N) is 2. The van der Waals surface area contributed by atoms with Gasteiger partial charge < -0.3 is 15.1 Å². The number of nitrogens with one attached hydrogen (secondary N) is 1. The van der Waals surface area contributed by atoms with Gasteiger partial charge in [-0.15, -0.1) is 0 Å². The van der Waals surface area contributed by atoms with Crippen LogP contribution < -0.4 is 5.32 Å². The van der Waals surface area contributed by atoms with E-state index in [-0.39, 0.29) is 0 Å². The van der Waals surface area contributed by atoms with Crippen molar-refractivity contribution in [2.45, 2.75) is 27.2 Å². The van der Waals surface area contributed by atoms with Gasteiger partial charge in [-0.2, -0.15) is 0 Å². The van der Waals surface area contributed by atoms with Crippen molar-refractivity contribution in [3.8, 4) is 0 Å². The van der Waals surface area contributed by atoms with Gasteiger partial charge >= 0.3 is 0 Å². The number of rotatable bonds is 6. The third-order valence-electron chi connectivity index (χ3n) is 3.97. The molecule has 1 saturated heterocycles. The molecule has 0 aliphatic carbocycles. The van der Waals surface area contributed by atoms with Crippen LogP contribution in [0.25, 0.3) is 0 Å². The van der Waals surface area contributed by atoms with E-state index in [9.17, 15) is 0 Å². The molecule has 96 valence electrons. The van der Waals surface area contributed by atoms with Crippen LogP contribution >= 0.6 is 0 Å². The largest absolute Gasteiger partial charge is 0.319 e. The minimum atomic E-state index is 0.434. The third kappa shape index (κ3) is 4.04. The Morgan fingerprint density at radius 1 is 1.06 bits per heavy atom. The van der Waals surface area contributed by atoms with Crippen molar-refractivity contribution in [1.82, 2.24) is 15.1 Å². The van der Waals surface area contributed by atoms with E-state index in [1.54, 1.807) is 0 Å². The maximum absolute atomic E-state index is 3.33. The monoisotopic (exact) mass is 227 g/mol. The second-order valence-corrected chi connectivity index (χ2v) is 5.40. The standard InChI is InChI=1S/C13H29N3/c1-5-13(3,11-14-4)12-16-9-7-15(6-2)8-10-16/h14H,5-12H2,1-4H3. The highest BCUT2D eigenvalue weighted by atomic mass is 15.3. The Morgan fingerprint density at radius 2 is 1.62 bits per heavy atom. The van der Waals surface area contributed by atoms with Gasteiger partial charge in [0.1, 0.15) is 0 Å². The summed E-state index contributed by atoms with van der Waals surface area (Å²) in [6.45, 7) is 15.5. The molecule has 1 N–H and O–H groups in total. The van der Waals surface area contributed by atoms with Gasteiger partial charge in [0.2, 0.25) is 0 Å². The van der Waals surface area contributed by atoms with E-state index in [1.165, 1.54) is 45.7 Å². The minimum absolute atomic E-state index is 0.434. The van der Waals surface area contributed by atoms with Crippen LogP contribution in [0.1, 0.15) is 27.2 Å². The molecule has 0 spiro atoms. The third-order valence-corrected chi connectivity index (χ3v) is 3.97. The first-order chi connectivity index (χ1) is 7.63. The Hall–Kier alpha value is -0.120. The van der Waals surface area contributed by atoms with Crippen molar-refractivity contribution in [3.05, 3.63) is 0 Å². The van der Waals surface area contributed by atoms with Crippen molar-refractivity contribution >= 4 is 0 Å². The van der Waals surface area contributed by atoms with E-state index >= 15 is 0 Å². The van der Waals surface area contributed by atoms with Gasteiger partial charge in [0, 0.05) is 39.3 Å². The van der Waals surface area contributed by atoms with Crippen molar-refractivity contribution in [2.24, 2.45) is 5.41 Å². The summed E-state index contributed by atoms with van der Waals surface area (Å²) in [5.41, 5.74) is 0.434. The molecule has 3 heteroatoms. The summed E-state index contributed by atoms with van der Waals surface area (Å²) in [4.78, 5) is 5.17. The molecule has 0 amide bonds. The molecule has 16 heavy (non-hydrogen) atoms. The van der Waals surface area contributed by atoms with E-state index in [0.29, 0.717) is 5.41 Å². The van der Waals surface area contributed by atoms with Gasteiger partial charge in [-0.05, 0) is 25.4 Å². The molecule has 0 aromatic carbocycles. The summed E-state index contributed by atoms with van der Waals surface area (Å²) in [6, 6.07) is 0. The first kappa shape index (κ1) is 13.9. The topological polar surface area (TPSA) is 18.5 Å². The molecule has 0 saturated carbocycles. The summed E-state index contributed by atoms with van der Waals surface area (Å²) < 4.78 is 0. The molecule has 1 rings (SSSR count). The SMILES string of the molecule is CCN1CCN(CC(C)(CC)CNC)CC1. The Kier molecular flexibility index (Phi) is 5.73. The molecule has 1 heterocycles. The molecule has 0 bridgehead atoms. The van der Waals surface area contributed by atoms with E-state index < -0.39 is 0 Å². The fraction of sp³-hybridized carbons (Fsp3) is 1.00. The van der Waals surface area contributed by atoms with Crippen LogP contribution in [0.4, 0.5) is 0 Å². The molecule has 3 nitrogen and oxygen atoms in total. The van der Waals surface area contributed by atoms with E-state index in [2.05, 4.69) is 42.9 Å². The van der Waals surface area contributed by atoms with Crippen LogP contribution in [0.2, 0.25) is 0 Å². The summed E-state index contributed by atoms with van der Waals surface area (Å²) >= 11 is 0. The molecule has 1 aliphatic rings. The maximum Gasteiger partial charge on any atom is 0.0110 e. The van der Waals surface area contributed by atoms with E-state index in [4.69, 9.17) is 0 Å². The van der Waals surface area contributed by atoms with E-state index in [0.717, 1.165) is 6.54 Å². The highest BCUT2D eigenvalue weighted by Gasteiger charge is 2.26. The normalized spacial score (nSPS) is 23.2. The van der Waals surface area contributed by atoms with Crippen LogP contribution in [0, 0.1) is 5.41 Å². The van der Waals surface area contributed by atoms with Gasteiger partial charge in [0.05, 0.1) is 0 Å². The van der Waals surface area contributed by atoms with E-state index in [1.807, 2.05) is 0 Å². The zero-order valence-electron chi connectivity index (χ0n) is 11.6. The molecular formula is C13H29N3. The Morgan fingerprint density at radius 3 is 2.06 bits per heavy atom. The zero-order chi connectivity index (χ0) is 12.0. The second-order valence-electron chi connectivity index (χ2n) is 5.40. The minimum Gasteiger partial charge on any atom is -0.319 e. The lowest BCUT2D eigenvalue weighted by molar-refractivity contribution is 0.0917. The van der Waals surface area contributed by atoms with Gasteiger partial charge in [-0.25, -0.2) is 0 Å². The summed E-state index contributed by atoms with van der Waals surface area (Å²) in [7, 11) is 2.06. The Labute approximate surface area is 101 Å². The molecular weight excluding hydrogens is 198 g/mol. The fourth-order valence-corrected chi connectivity index (χ4v) is 2.52. The highest BCUT2D eigenvalue weighted by molar-refractivity contribution is 4.81. The highest BCUT2D eigenvalue weighted by Crippen LogP contribution is 2.22. The van der Waals surface area contributed by atoms with Crippen molar-refractivity contribution < 1.29 is 0 Å². The lowest BCUT2D eigenvalue weighted by atomic mass is 9.86. The first-order valence-corrected chi connectivity index (χ1v) is 6.73. The zero-order valence-corrected chi connectivity index (χ0v) is 11.6. The lowest BCUT2D eigenvalue weighted by Crippen LogP contribution is -2.50. The van der Waals surface area contributed by atoms with Crippen molar-refractivity contribution in [3.63, 3.8) is 0 Å². The predicted octanol–water partition coefficient (Wildman–Crippen LogP) is 1.26. The molecule has 1 unspecified atom stereocenters. The van der Waals surface area contributed by atoms with Gasteiger partial charge in [0.15, 0.2) is 0 Å².